The first-order valence-corrected chi connectivity index (χ1v) is 9.03. The van der Waals surface area contributed by atoms with Gasteiger partial charge < -0.3 is 21.3 Å². The summed E-state index contributed by atoms with van der Waals surface area (Å²) in [6, 6.07) is -0.425. The summed E-state index contributed by atoms with van der Waals surface area (Å²) in [5.41, 5.74) is 1.92. The molecule has 1 aliphatic carbocycles. The highest BCUT2D eigenvalue weighted by molar-refractivity contribution is 6.10. The van der Waals surface area contributed by atoms with Crippen LogP contribution < -0.4 is 11.1 Å². The maximum Gasteiger partial charge on any atom is 0.322 e. The zero-order valence-electron chi connectivity index (χ0n) is 16.3. The number of benzene rings is 1. The minimum atomic E-state index is -2.37. The highest BCUT2D eigenvalue weighted by Gasteiger charge is 2.60. The minimum Gasteiger partial charge on any atom is -0.481 e. The predicted molar refractivity (Wildman–Crippen MR) is 100 cm³/mol. The Morgan fingerprint density at radius 3 is 2.23 bits per heavy atom. The van der Waals surface area contributed by atoms with Crippen molar-refractivity contribution in [1.29, 1.82) is 0 Å². The summed E-state index contributed by atoms with van der Waals surface area (Å²) >= 11 is 0. The summed E-state index contributed by atoms with van der Waals surface area (Å²) in [7, 11) is 0. The third-order valence-corrected chi connectivity index (χ3v) is 5.41. The van der Waals surface area contributed by atoms with E-state index >= 15 is 0 Å². The first kappa shape index (κ1) is 23.1. The van der Waals surface area contributed by atoms with Crippen LogP contribution in [-0.2, 0) is 25.6 Å². The molecule has 1 aliphatic rings. The van der Waals surface area contributed by atoms with Crippen molar-refractivity contribution >= 4 is 23.6 Å². The summed E-state index contributed by atoms with van der Waals surface area (Å²) in [6.45, 7) is 2.47. The van der Waals surface area contributed by atoms with Crippen LogP contribution in [0.5, 0.6) is 0 Å². The molecule has 0 fully saturated rings. The maximum absolute atomic E-state index is 13.3. The Hall–Kier alpha value is -3.14. The zero-order valence-corrected chi connectivity index (χ0v) is 16.3. The Balaban J connectivity index is 2.26. The Morgan fingerprint density at radius 2 is 1.73 bits per heavy atom. The van der Waals surface area contributed by atoms with Gasteiger partial charge >= 0.3 is 11.9 Å². The number of carboxylic acids is 2. The van der Waals surface area contributed by atoms with Crippen LogP contribution in [0.15, 0.2) is 30.4 Å². The van der Waals surface area contributed by atoms with Crippen molar-refractivity contribution in [3.8, 4) is 0 Å². The van der Waals surface area contributed by atoms with Crippen molar-refractivity contribution in [1.82, 2.24) is 5.32 Å². The van der Waals surface area contributed by atoms with E-state index < -0.39 is 64.6 Å². The lowest BCUT2D eigenvalue weighted by Gasteiger charge is -2.43. The number of amides is 1. The van der Waals surface area contributed by atoms with Gasteiger partial charge in [0.1, 0.15) is 11.6 Å². The molecule has 1 aromatic carbocycles. The molecule has 0 aliphatic heterocycles. The van der Waals surface area contributed by atoms with Crippen molar-refractivity contribution in [3.05, 3.63) is 47.5 Å². The van der Waals surface area contributed by atoms with Crippen LogP contribution in [-0.4, -0.2) is 45.9 Å². The summed E-state index contributed by atoms with van der Waals surface area (Å²) in [4.78, 5) is 49.0. The first-order chi connectivity index (χ1) is 13.8. The molecule has 1 aromatic rings. The molecule has 0 saturated carbocycles. The Morgan fingerprint density at radius 1 is 1.17 bits per heavy atom. The number of halogens is 2. The van der Waals surface area contributed by atoms with Crippen LogP contribution in [0.3, 0.4) is 0 Å². The number of nitrogens with one attached hydrogen (secondary N) is 1. The molecule has 8 nitrogen and oxygen atoms in total. The molecule has 4 unspecified atom stereocenters. The molecule has 4 atom stereocenters. The van der Waals surface area contributed by atoms with Crippen LogP contribution in [0, 0.1) is 22.5 Å². The molecule has 2 rings (SSSR count). The van der Waals surface area contributed by atoms with E-state index in [1.807, 2.05) is 0 Å². The summed E-state index contributed by atoms with van der Waals surface area (Å²) < 4.78 is 26.5. The second-order valence-corrected chi connectivity index (χ2v) is 7.59. The van der Waals surface area contributed by atoms with E-state index in [1.165, 1.54) is 19.9 Å². The van der Waals surface area contributed by atoms with Crippen molar-refractivity contribution in [2.45, 2.75) is 38.8 Å². The fourth-order valence-corrected chi connectivity index (χ4v) is 3.60. The number of ketones is 1. The van der Waals surface area contributed by atoms with Gasteiger partial charge in [-0.15, -0.1) is 0 Å². The van der Waals surface area contributed by atoms with Gasteiger partial charge in [-0.05, 0) is 38.0 Å². The zero-order chi connectivity index (χ0) is 22.9. The van der Waals surface area contributed by atoms with Crippen LogP contribution in [0.1, 0.15) is 25.8 Å². The van der Waals surface area contributed by atoms with Gasteiger partial charge in [0, 0.05) is 12.1 Å². The molecule has 1 amide bonds. The predicted octanol–water partition coefficient (Wildman–Crippen LogP) is 1.03. The quantitative estimate of drug-likeness (QED) is 0.378. The SMILES string of the molecule is CC(NC(=O)Cc1cc(F)cc(F)c1)C(=O)C1(C(=O)O)C=CCC(C)(C(=O)O)C1N. The third-order valence-electron chi connectivity index (χ3n) is 5.41. The summed E-state index contributed by atoms with van der Waals surface area (Å²) in [6.07, 6.45) is 1.80. The third kappa shape index (κ3) is 4.09. The number of rotatable bonds is 7. The van der Waals surface area contributed by atoms with Crippen LogP contribution in [0.25, 0.3) is 0 Å². The van der Waals surface area contributed by atoms with Gasteiger partial charge in [-0.3, -0.25) is 19.2 Å². The Bertz CT molecular complexity index is 914. The van der Waals surface area contributed by atoms with Crippen LogP contribution in [0.4, 0.5) is 8.78 Å². The first-order valence-electron chi connectivity index (χ1n) is 9.03. The largest absolute Gasteiger partial charge is 0.481 e. The fraction of sp³-hybridized carbons (Fsp3) is 0.400. The van der Waals surface area contributed by atoms with Gasteiger partial charge in [0.05, 0.1) is 17.9 Å². The number of aliphatic carboxylic acids is 2. The Labute approximate surface area is 170 Å². The van der Waals surface area contributed by atoms with Gasteiger partial charge in [0.25, 0.3) is 0 Å². The number of carboxylic acid groups (broad SMARTS) is 2. The van der Waals surface area contributed by atoms with Gasteiger partial charge in [-0.25, -0.2) is 8.78 Å². The van der Waals surface area contributed by atoms with Crippen molar-refractivity contribution in [3.63, 3.8) is 0 Å². The average molecular weight is 424 g/mol. The van der Waals surface area contributed by atoms with E-state index in [0.717, 1.165) is 18.2 Å². The molecular weight excluding hydrogens is 402 g/mol. The molecule has 5 N–H and O–H groups in total. The molecule has 0 radical (unpaired) electrons. The molecule has 0 spiro atoms. The summed E-state index contributed by atoms with van der Waals surface area (Å²) in [5, 5.41) is 21.6. The van der Waals surface area contributed by atoms with Crippen molar-refractivity contribution < 1.29 is 38.2 Å². The minimum absolute atomic E-state index is 0.0188. The molecule has 162 valence electrons. The molecular formula is C20H22F2N2O6. The lowest BCUT2D eigenvalue weighted by Crippen LogP contribution is -2.65. The van der Waals surface area contributed by atoms with E-state index in [1.54, 1.807) is 0 Å². The Kier molecular flexibility index (Phi) is 6.41. The monoisotopic (exact) mass is 424 g/mol. The molecule has 30 heavy (non-hydrogen) atoms. The molecule has 0 aromatic heterocycles. The standard InChI is InChI=1S/C20H22F2N2O6/c1-10(24-14(25)8-11-6-12(21)9-13(22)7-11)15(26)20(18(29)30)5-3-4-19(2,16(20)23)17(27)28/h3,5-7,9-10,16H,4,8,23H2,1-2H3,(H,24,25)(H,27,28)(H,29,30). The van der Waals surface area contributed by atoms with Gasteiger partial charge in [0.15, 0.2) is 11.2 Å². The fourth-order valence-electron chi connectivity index (χ4n) is 3.60. The second-order valence-electron chi connectivity index (χ2n) is 7.59. The van der Waals surface area contributed by atoms with Crippen molar-refractivity contribution in [2.24, 2.45) is 16.6 Å². The lowest BCUT2D eigenvalue weighted by molar-refractivity contribution is -0.161. The number of hydrogen-bond donors (Lipinski definition) is 4. The average Bonchev–Trinajstić information content (AvgIpc) is 2.62. The number of Topliss-reactive ketones (excluding diaryl/α,β-unsaturated/α-hetero) is 1. The van der Waals surface area contributed by atoms with E-state index in [0.29, 0.717) is 6.07 Å². The smallest absolute Gasteiger partial charge is 0.322 e. The highest BCUT2D eigenvalue weighted by Crippen LogP contribution is 2.43. The van der Waals surface area contributed by atoms with E-state index in [2.05, 4.69) is 5.32 Å². The molecule has 0 heterocycles. The van der Waals surface area contributed by atoms with Gasteiger partial charge in [-0.1, -0.05) is 12.2 Å². The van der Waals surface area contributed by atoms with E-state index in [-0.39, 0.29) is 12.0 Å². The van der Waals surface area contributed by atoms with Gasteiger partial charge in [-0.2, -0.15) is 0 Å². The summed E-state index contributed by atoms with van der Waals surface area (Å²) in [5.74, 6) is -6.55. The number of carbonyl (C=O) groups excluding carboxylic acids is 2. The lowest BCUT2D eigenvalue weighted by atomic mass is 9.60. The van der Waals surface area contributed by atoms with Crippen LogP contribution in [0.2, 0.25) is 0 Å². The van der Waals surface area contributed by atoms with Gasteiger partial charge in [0.2, 0.25) is 5.91 Å². The normalized spacial score (nSPS) is 26.6. The molecule has 0 saturated heterocycles. The molecule has 0 bridgehead atoms. The highest BCUT2D eigenvalue weighted by atomic mass is 19.1. The maximum atomic E-state index is 13.3. The topological polar surface area (TPSA) is 147 Å². The number of carbonyl (C=O) groups is 4. The number of nitrogens with two attached hydrogens (primary N) is 1. The van der Waals surface area contributed by atoms with Crippen molar-refractivity contribution in [2.75, 3.05) is 0 Å². The second kappa shape index (κ2) is 8.31. The van der Waals surface area contributed by atoms with E-state index in [4.69, 9.17) is 5.73 Å². The van der Waals surface area contributed by atoms with E-state index in [9.17, 15) is 38.2 Å². The molecule has 10 heteroatoms. The number of allylic oxidation sites excluding steroid dienone is 1. The number of hydrogen-bond acceptors (Lipinski definition) is 5. The van der Waals surface area contributed by atoms with Crippen LogP contribution >= 0.6 is 0 Å².